The number of carbonyl (C=O) groups excluding carboxylic acids is 2. The molecule has 4 atom stereocenters. The summed E-state index contributed by atoms with van der Waals surface area (Å²) in [6.07, 6.45) is 5.26. The largest absolute Gasteiger partial charge is 0.326 e. The number of rotatable bonds is 5. The zero-order chi connectivity index (χ0) is 20.1. The predicted molar refractivity (Wildman–Crippen MR) is 105 cm³/mol. The topological polar surface area (TPSA) is 98.8 Å². The summed E-state index contributed by atoms with van der Waals surface area (Å²) in [7, 11) is -1.94. The molecule has 4 rings (SSSR count). The van der Waals surface area contributed by atoms with E-state index >= 15 is 0 Å². The molecular formula is C19H32N4O4S. The molecule has 158 valence electrons. The van der Waals surface area contributed by atoms with Gasteiger partial charge in [0, 0.05) is 25.2 Å². The number of hydrogen-bond donors (Lipinski definition) is 2. The summed E-state index contributed by atoms with van der Waals surface area (Å²) in [5.74, 6) is -0.273. The molecule has 3 amide bonds. The Labute approximate surface area is 167 Å². The fourth-order valence-corrected chi connectivity index (χ4v) is 6.97. The maximum atomic E-state index is 12.8. The fourth-order valence-electron chi connectivity index (χ4n) is 5.00. The van der Waals surface area contributed by atoms with E-state index in [1.54, 1.807) is 0 Å². The van der Waals surface area contributed by atoms with Gasteiger partial charge in [-0.25, -0.2) is 17.9 Å². The first kappa shape index (κ1) is 20.1. The van der Waals surface area contributed by atoms with Crippen molar-refractivity contribution in [2.75, 3.05) is 26.7 Å². The maximum absolute atomic E-state index is 12.8. The van der Waals surface area contributed by atoms with E-state index in [9.17, 15) is 18.0 Å². The van der Waals surface area contributed by atoms with Gasteiger partial charge in [0.1, 0.15) is 0 Å². The predicted octanol–water partition coefficient (Wildman–Crippen LogP) is 0.889. The molecular weight excluding hydrogens is 380 g/mol. The minimum absolute atomic E-state index is 0.180. The fraction of sp³-hybridized carbons (Fsp3) is 0.895. The molecule has 2 N–H and O–H groups in total. The lowest BCUT2D eigenvalue weighted by molar-refractivity contribution is -0.139. The molecule has 28 heavy (non-hydrogen) atoms. The first-order valence-electron chi connectivity index (χ1n) is 10.5. The highest BCUT2D eigenvalue weighted by Gasteiger charge is 2.51. The highest BCUT2D eigenvalue weighted by molar-refractivity contribution is 7.90. The number of urea groups is 1. The van der Waals surface area contributed by atoms with Crippen molar-refractivity contribution in [2.45, 2.75) is 68.7 Å². The molecule has 9 heteroatoms. The lowest BCUT2D eigenvalue weighted by Gasteiger charge is -2.48. The van der Waals surface area contributed by atoms with E-state index in [0.717, 1.165) is 38.8 Å². The van der Waals surface area contributed by atoms with Gasteiger partial charge in [0.15, 0.2) is 0 Å². The number of amides is 3. The van der Waals surface area contributed by atoms with Crippen LogP contribution in [0.1, 0.15) is 51.9 Å². The van der Waals surface area contributed by atoms with Crippen LogP contribution in [0.25, 0.3) is 0 Å². The van der Waals surface area contributed by atoms with Crippen molar-refractivity contribution in [3.63, 3.8) is 0 Å². The van der Waals surface area contributed by atoms with Gasteiger partial charge in [0.05, 0.1) is 11.2 Å². The van der Waals surface area contributed by atoms with Crippen molar-refractivity contribution >= 4 is 22.0 Å². The molecule has 2 aliphatic heterocycles. The summed E-state index contributed by atoms with van der Waals surface area (Å²) in [6.45, 7) is 4.46. The molecule has 4 unspecified atom stereocenters. The molecule has 2 aliphatic carbocycles. The highest BCUT2D eigenvalue weighted by atomic mass is 32.2. The molecule has 2 heterocycles. The van der Waals surface area contributed by atoms with Gasteiger partial charge in [-0.15, -0.1) is 0 Å². The standard InChI is InChI=1S/C19H32N4O4S/c1-19(7-8-19)21-28(26,27)14-5-6-16-15(10-14)17(24)22(2)18(25)23(16)12-13-4-3-9-20-11-13/h13-16,20-21H,3-12H2,1-2H3. The van der Waals surface area contributed by atoms with Gasteiger partial charge in [0.2, 0.25) is 15.9 Å². The average molecular weight is 413 g/mol. The molecule has 0 bridgehead atoms. The van der Waals surface area contributed by atoms with Gasteiger partial charge in [0.25, 0.3) is 0 Å². The van der Waals surface area contributed by atoms with Gasteiger partial charge >= 0.3 is 6.03 Å². The molecule has 0 spiro atoms. The SMILES string of the molecule is CN1C(=O)C2CC(S(=O)(=O)NC3(C)CC3)CCC2N(CC2CCCNC2)C1=O. The highest BCUT2D eigenvalue weighted by Crippen LogP contribution is 2.40. The van der Waals surface area contributed by atoms with Crippen molar-refractivity contribution in [3.8, 4) is 0 Å². The lowest BCUT2D eigenvalue weighted by atomic mass is 9.80. The third-order valence-corrected chi connectivity index (χ3v) is 9.11. The van der Waals surface area contributed by atoms with Crippen LogP contribution < -0.4 is 10.0 Å². The number of carbonyl (C=O) groups is 2. The number of nitrogens with zero attached hydrogens (tertiary/aromatic N) is 2. The van der Waals surface area contributed by atoms with Crippen LogP contribution in [0.5, 0.6) is 0 Å². The van der Waals surface area contributed by atoms with Gasteiger partial charge in [-0.1, -0.05) is 0 Å². The Bertz CT molecular complexity index is 745. The summed E-state index contributed by atoms with van der Waals surface area (Å²) in [6, 6.07) is -0.414. The first-order chi connectivity index (χ1) is 13.2. The van der Waals surface area contributed by atoms with E-state index in [1.807, 2.05) is 11.8 Å². The molecule has 2 saturated carbocycles. The van der Waals surface area contributed by atoms with E-state index in [4.69, 9.17) is 0 Å². The number of nitrogens with one attached hydrogen (secondary N) is 2. The van der Waals surface area contributed by atoms with Gasteiger partial charge in [-0.3, -0.25) is 9.69 Å². The van der Waals surface area contributed by atoms with Crippen molar-refractivity contribution in [1.29, 1.82) is 0 Å². The molecule has 2 saturated heterocycles. The van der Waals surface area contributed by atoms with Crippen molar-refractivity contribution in [3.05, 3.63) is 0 Å². The Morgan fingerprint density at radius 3 is 2.61 bits per heavy atom. The second-order valence-electron chi connectivity index (χ2n) is 9.36. The summed E-state index contributed by atoms with van der Waals surface area (Å²) in [5, 5.41) is 2.82. The van der Waals surface area contributed by atoms with E-state index in [2.05, 4.69) is 10.0 Å². The quantitative estimate of drug-likeness (QED) is 0.699. The number of sulfonamides is 1. The minimum Gasteiger partial charge on any atom is -0.320 e. The van der Waals surface area contributed by atoms with E-state index in [0.29, 0.717) is 31.7 Å². The van der Waals surface area contributed by atoms with E-state index in [1.165, 1.54) is 11.9 Å². The monoisotopic (exact) mass is 412 g/mol. The third kappa shape index (κ3) is 3.80. The molecule has 8 nitrogen and oxygen atoms in total. The normalized spacial score (nSPS) is 35.6. The van der Waals surface area contributed by atoms with Gasteiger partial charge in [-0.2, -0.15) is 0 Å². The number of imide groups is 1. The van der Waals surface area contributed by atoms with Crippen LogP contribution >= 0.6 is 0 Å². The molecule has 0 aromatic heterocycles. The number of fused-ring (bicyclic) bond motifs is 1. The van der Waals surface area contributed by atoms with Gasteiger partial charge < -0.3 is 10.2 Å². The molecule has 0 aromatic rings. The molecule has 0 radical (unpaired) electrons. The maximum Gasteiger partial charge on any atom is 0.326 e. The average Bonchev–Trinajstić information content (AvgIpc) is 3.39. The van der Waals surface area contributed by atoms with Crippen molar-refractivity contribution in [2.24, 2.45) is 11.8 Å². The van der Waals surface area contributed by atoms with Gasteiger partial charge in [-0.05, 0) is 70.9 Å². The van der Waals surface area contributed by atoms with Crippen molar-refractivity contribution < 1.29 is 18.0 Å². The zero-order valence-corrected chi connectivity index (χ0v) is 17.6. The number of hydrogen-bond acceptors (Lipinski definition) is 5. The Morgan fingerprint density at radius 1 is 1.21 bits per heavy atom. The van der Waals surface area contributed by atoms with E-state index < -0.39 is 21.2 Å². The first-order valence-corrected chi connectivity index (χ1v) is 12.1. The summed E-state index contributed by atoms with van der Waals surface area (Å²) >= 11 is 0. The van der Waals surface area contributed by atoms with Crippen LogP contribution in [0.15, 0.2) is 0 Å². The van der Waals surface area contributed by atoms with Crippen LogP contribution in [0.2, 0.25) is 0 Å². The summed E-state index contributed by atoms with van der Waals surface area (Å²) in [4.78, 5) is 28.7. The van der Waals surface area contributed by atoms with Crippen LogP contribution in [0.4, 0.5) is 4.79 Å². The summed E-state index contributed by atoms with van der Waals surface area (Å²) < 4.78 is 28.5. The Balaban J connectivity index is 1.50. The Kier molecular flexibility index (Phi) is 5.20. The zero-order valence-electron chi connectivity index (χ0n) is 16.8. The van der Waals surface area contributed by atoms with Crippen molar-refractivity contribution in [1.82, 2.24) is 19.8 Å². The van der Waals surface area contributed by atoms with Crippen LogP contribution in [-0.2, 0) is 14.8 Å². The van der Waals surface area contributed by atoms with Crippen LogP contribution in [0, 0.1) is 11.8 Å². The molecule has 0 aromatic carbocycles. The minimum atomic E-state index is -3.46. The van der Waals surface area contributed by atoms with Crippen LogP contribution in [-0.4, -0.2) is 73.7 Å². The van der Waals surface area contributed by atoms with Crippen LogP contribution in [0.3, 0.4) is 0 Å². The number of piperidine rings is 1. The lowest BCUT2D eigenvalue weighted by Crippen LogP contribution is -2.64. The second kappa shape index (κ2) is 7.25. The Hall–Kier alpha value is -1.19. The third-order valence-electron chi connectivity index (χ3n) is 7.03. The molecule has 4 fully saturated rings. The Morgan fingerprint density at radius 2 is 1.96 bits per heavy atom. The second-order valence-corrected chi connectivity index (χ2v) is 11.3. The van der Waals surface area contributed by atoms with E-state index in [-0.39, 0.29) is 23.5 Å². The summed E-state index contributed by atoms with van der Waals surface area (Å²) in [5.41, 5.74) is -0.307. The molecule has 4 aliphatic rings. The smallest absolute Gasteiger partial charge is 0.320 e.